The zero-order chi connectivity index (χ0) is 55.0. The summed E-state index contributed by atoms with van der Waals surface area (Å²) < 4.78 is 76.2. The van der Waals surface area contributed by atoms with Gasteiger partial charge in [-0.1, -0.05) is 39.0 Å². The molecule has 78 heavy (non-hydrogen) atoms. The van der Waals surface area contributed by atoms with Crippen LogP contribution >= 0.6 is 11.8 Å². The minimum Gasteiger partial charge on any atom is -0.435 e. The van der Waals surface area contributed by atoms with Crippen molar-refractivity contribution in [3.8, 4) is 34.8 Å². The van der Waals surface area contributed by atoms with E-state index in [1.54, 1.807) is 30.4 Å². The van der Waals surface area contributed by atoms with E-state index in [2.05, 4.69) is 81.4 Å². The molecule has 408 valence electrons. The maximum Gasteiger partial charge on any atom is 0.335 e. The van der Waals surface area contributed by atoms with Crippen molar-refractivity contribution in [3.05, 3.63) is 136 Å². The van der Waals surface area contributed by atoms with Crippen LogP contribution in [0.25, 0.3) is 68.1 Å². The van der Waals surface area contributed by atoms with E-state index in [0.29, 0.717) is 30.9 Å². The monoisotopic (exact) mass is 1120 g/mol. The van der Waals surface area contributed by atoms with Gasteiger partial charge in [0.25, 0.3) is 0 Å². The average Bonchev–Trinajstić information content (AvgIpc) is 4.26. The molecule has 0 saturated carbocycles. The van der Waals surface area contributed by atoms with E-state index in [1.165, 1.54) is 0 Å². The summed E-state index contributed by atoms with van der Waals surface area (Å²) in [6.07, 6.45) is 8.88. The molecule has 18 nitrogen and oxygen atoms in total. The molecule has 0 bridgehead atoms. The van der Waals surface area contributed by atoms with Crippen LogP contribution in [0.3, 0.4) is 0 Å². The predicted molar refractivity (Wildman–Crippen MR) is 296 cm³/mol. The van der Waals surface area contributed by atoms with Crippen molar-refractivity contribution in [2.75, 3.05) is 45.4 Å². The van der Waals surface area contributed by atoms with Gasteiger partial charge in [0.15, 0.2) is 48.2 Å². The lowest BCUT2D eigenvalue weighted by Gasteiger charge is -2.23. The molecule has 0 spiro atoms. The molecular weight excluding hydrogens is 1060 g/mol. The van der Waals surface area contributed by atoms with Crippen LogP contribution in [0.4, 0.5) is 0 Å². The second-order valence-corrected chi connectivity index (χ2v) is 19.6. The largest absolute Gasteiger partial charge is 0.435 e. The molecule has 0 N–H and O–H groups in total. The van der Waals surface area contributed by atoms with E-state index >= 15 is 0 Å². The van der Waals surface area contributed by atoms with Crippen LogP contribution in [-0.2, 0) is 65.4 Å². The number of oxazole rings is 3. The fraction of sp³-hybridized carbons (Fsp3) is 0.368. The zero-order valence-electron chi connectivity index (χ0n) is 44.2. The minimum atomic E-state index is -0.750. The Morgan fingerprint density at radius 2 is 0.795 bits per heavy atom. The Kier molecular flexibility index (Phi) is 21.0. The molecule has 3 saturated heterocycles. The summed E-state index contributed by atoms with van der Waals surface area (Å²) in [5.74, 6) is 2.60. The molecule has 0 radical (unpaired) electrons. The van der Waals surface area contributed by atoms with Gasteiger partial charge < -0.3 is 41.7 Å². The zero-order valence-corrected chi connectivity index (χ0v) is 46.6. The molecule has 0 unspecified atom stereocenters. The number of pyridine rings is 3. The van der Waals surface area contributed by atoms with Gasteiger partial charge in [0, 0.05) is 40.2 Å². The third kappa shape index (κ3) is 14.4. The molecule has 3 aromatic carbocycles. The molecule has 12 rings (SSSR count). The Morgan fingerprint density at radius 3 is 1.13 bits per heavy atom. The van der Waals surface area contributed by atoms with Crippen LogP contribution in [-0.4, -0.2) is 87.9 Å². The van der Waals surface area contributed by atoms with Gasteiger partial charge in [-0.05, 0) is 141 Å². The van der Waals surface area contributed by atoms with Crippen molar-refractivity contribution in [3.63, 3.8) is 0 Å². The Bertz CT molecular complexity index is 3310. The van der Waals surface area contributed by atoms with Crippen molar-refractivity contribution in [1.82, 2.24) is 29.9 Å². The summed E-state index contributed by atoms with van der Waals surface area (Å²) in [6, 6.07) is 24.2. The summed E-state index contributed by atoms with van der Waals surface area (Å²) in [5, 5.41) is 0. The van der Waals surface area contributed by atoms with Crippen LogP contribution in [0.2, 0.25) is 0 Å². The van der Waals surface area contributed by atoms with E-state index in [9.17, 15) is 0 Å². The molecule has 3 aliphatic heterocycles. The highest BCUT2D eigenvalue weighted by Crippen LogP contribution is 2.36. The third-order valence-corrected chi connectivity index (χ3v) is 13.4. The van der Waals surface area contributed by atoms with E-state index < -0.39 is 11.6 Å². The van der Waals surface area contributed by atoms with Crippen molar-refractivity contribution >= 4 is 69.2 Å². The first-order chi connectivity index (χ1) is 38.1. The number of rotatable bonds is 10. The standard InChI is InChI=1S/C19H20N2O3S.2C19H20N2O3.O2S.OS/c1-3-25-16-10-13(19-22-7-4-8-23-19)11-20-17(16)18-21-14-9-12(2)5-6-15(14)24-18;2*1-3-13-10-14(19-22-7-4-8-23-19)11-20-17(13)18-21-15-9-12(2)5-6-16(15)24-18;1-3-2;1-2/h5-6,9-11,19H,3-4,7-8H2,1-2H3;2*5-6,9-11,19H,3-4,7-8H2,1-2H3;;. The highest BCUT2D eigenvalue weighted by atomic mass is 32.2. The second kappa shape index (κ2) is 28.4. The first kappa shape index (κ1) is 57.6. The molecule has 6 aromatic heterocycles. The molecular formula is C57H60N6O12S3. The quantitative estimate of drug-likeness (QED) is 0.116. The van der Waals surface area contributed by atoms with Crippen LogP contribution < -0.4 is 0 Å². The molecule has 0 aliphatic carbocycles. The molecule has 3 aliphatic rings. The van der Waals surface area contributed by atoms with Gasteiger partial charge in [0.05, 0.1) is 39.6 Å². The van der Waals surface area contributed by atoms with Crippen LogP contribution in [0.15, 0.2) is 110 Å². The van der Waals surface area contributed by atoms with Crippen molar-refractivity contribution in [2.24, 2.45) is 0 Å². The summed E-state index contributed by atoms with van der Waals surface area (Å²) >= 11 is 3.80. The first-order valence-electron chi connectivity index (χ1n) is 25.7. The Balaban J connectivity index is 0.000000148. The number of aromatic nitrogens is 6. The summed E-state index contributed by atoms with van der Waals surface area (Å²) in [4.78, 5) is 28.7. The Hall–Kier alpha value is -6.53. The number of aryl methyl sites for hydroxylation is 5. The number of benzene rings is 3. The number of hydrogen-bond acceptors (Lipinski definition) is 20. The van der Waals surface area contributed by atoms with Gasteiger partial charge in [-0.25, -0.2) is 19.9 Å². The molecule has 21 heteroatoms. The van der Waals surface area contributed by atoms with Crippen LogP contribution in [0.5, 0.6) is 0 Å². The lowest BCUT2D eigenvalue weighted by atomic mass is 10.1. The molecule has 3 fully saturated rings. The smallest absolute Gasteiger partial charge is 0.335 e. The molecule has 9 heterocycles. The fourth-order valence-electron chi connectivity index (χ4n) is 8.71. The maximum atomic E-state index is 8.29. The highest BCUT2D eigenvalue weighted by Gasteiger charge is 2.24. The predicted octanol–water partition coefficient (Wildman–Crippen LogP) is 12.1. The van der Waals surface area contributed by atoms with Crippen molar-refractivity contribution in [1.29, 1.82) is 0 Å². The highest BCUT2D eigenvalue weighted by molar-refractivity contribution is 7.99. The number of ether oxygens (including phenoxy) is 6. The van der Waals surface area contributed by atoms with E-state index in [0.717, 1.165) is 164 Å². The first-order valence-corrected chi connectivity index (χ1v) is 27.6. The maximum absolute atomic E-state index is 8.29. The van der Waals surface area contributed by atoms with E-state index in [-0.39, 0.29) is 18.9 Å². The number of thioether (sulfide) groups is 1. The van der Waals surface area contributed by atoms with E-state index in [4.69, 9.17) is 54.3 Å². The van der Waals surface area contributed by atoms with Gasteiger partial charge in [-0.2, -0.15) is 12.6 Å². The Morgan fingerprint density at radius 1 is 0.474 bits per heavy atom. The van der Waals surface area contributed by atoms with Crippen LogP contribution in [0.1, 0.15) is 103 Å². The normalized spacial score (nSPS) is 15.1. The third-order valence-electron chi connectivity index (χ3n) is 12.4. The van der Waals surface area contributed by atoms with Gasteiger partial charge in [-0.15, -0.1) is 11.8 Å². The molecule has 0 atom stereocenters. The molecule has 0 amide bonds. The van der Waals surface area contributed by atoms with Gasteiger partial charge >= 0.3 is 11.6 Å². The second-order valence-electron chi connectivity index (χ2n) is 18.1. The van der Waals surface area contributed by atoms with E-state index in [1.807, 2.05) is 75.4 Å². The summed E-state index contributed by atoms with van der Waals surface area (Å²) in [7, 11) is 0. The minimum absolute atomic E-state index is 0.322. The van der Waals surface area contributed by atoms with Gasteiger partial charge in [0.2, 0.25) is 17.7 Å². The SMILES string of the molecule is CCSc1cc(C2OCCCO2)cnc1-c1nc2cc(C)ccc2o1.CCc1cc(C2OCCCO2)cnc1-c1nc2cc(C)ccc2o1.CCc1cc(C2OCCCO2)cnc1-c1nc2cc(C)ccc2o1.O=S.O=S=O. The van der Waals surface area contributed by atoms with Gasteiger partial charge in [0.1, 0.15) is 33.6 Å². The lowest BCUT2D eigenvalue weighted by Crippen LogP contribution is -2.18. The number of fused-ring (bicyclic) bond motifs is 3. The Labute approximate surface area is 464 Å². The number of hydrogen-bond donors (Lipinski definition) is 0. The summed E-state index contributed by atoms with van der Waals surface area (Å²) in [6.45, 7) is 16.8. The molecule has 9 aromatic rings. The topological polar surface area (TPSA) is 223 Å². The fourth-order valence-corrected chi connectivity index (χ4v) is 9.52. The summed E-state index contributed by atoms with van der Waals surface area (Å²) in [5.41, 5.74) is 15.7. The van der Waals surface area contributed by atoms with Crippen molar-refractivity contribution < 1.29 is 54.3 Å². The average molecular weight is 1120 g/mol. The van der Waals surface area contributed by atoms with Crippen molar-refractivity contribution in [2.45, 2.75) is 97.4 Å². The van der Waals surface area contributed by atoms with Gasteiger partial charge in [-0.3, -0.25) is 9.97 Å². The lowest BCUT2D eigenvalue weighted by molar-refractivity contribution is -0.183. The van der Waals surface area contributed by atoms with Crippen LogP contribution in [0, 0.1) is 20.8 Å². The number of nitrogens with zero attached hydrogens (tertiary/aromatic N) is 6.